The average molecular weight is 245 g/mol. The van der Waals surface area contributed by atoms with Crippen molar-refractivity contribution in [3.05, 3.63) is 84.2 Å². The van der Waals surface area contributed by atoms with E-state index in [1.807, 2.05) is 30.6 Å². The van der Waals surface area contributed by atoms with Gasteiger partial charge in [-0.05, 0) is 34.4 Å². The third-order valence-corrected chi connectivity index (χ3v) is 3.24. The van der Waals surface area contributed by atoms with Gasteiger partial charge in [-0.2, -0.15) is 0 Å². The number of allylic oxidation sites excluding steroid dienone is 1. The van der Waals surface area contributed by atoms with E-state index in [2.05, 4.69) is 53.5 Å². The van der Waals surface area contributed by atoms with Gasteiger partial charge in [-0.3, -0.25) is 4.98 Å². The molecule has 0 spiro atoms. The number of benzene rings is 2. The maximum Gasteiger partial charge on any atom is 0.0346 e. The van der Waals surface area contributed by atoms with Gasteiger partial charge < -0.3 is 0 Å². The highest BCUT2D eigenvalue weighted by atomic mass is 14.6. The molecule has 0 saturated heterocycles. The molecule has 0 atom stereocenters. The van der Waals surface area contributed by atoms with Gasteiger partial charge in [0.25, 0.3) is 0 Å². The van der Waals surface area contributed by atoms with Gasteiger partial charge in [-0.15, -0.1) is 0 Å². The first-order valence-corrected chi connectivity index (χ1v) is 6.47. The van der Waals surface area contributed by atoms with Crippen LogP contribution in [0.25, 0.3) is 16.8 Å². The molecule has 2 aromatic carbocycles. The molecule has 1 aliphatic rings. The Kier molecular flexibility index (Phi) is 3.37. The smallest absolute Gasteiger partial charge is 0.0346 e. The van der Waals surface area contributed by atoms with Crippen LogP contribution in [0.5, 0.6) is 0 Å². The Bertz CT molecular complexity index is 648. The van der Waals surface area contributed by atoms with Gasteiger partial charge >= 0.3 is 0 Å². The molecule has 0 saturated carbocycles. The molecule has 3 aromatic rings. The normalized spacial score (nSPS) is 11.8. The van der Waals surface area contributed by atoms with Gasteiger partial charge in [0.15, 0.2) is 0 Å². The number of aromatic nitrogens is 1. The lowest BCUT2D eigenvalue weighted by Crippen LogP contribution is -1.76. The van der Waals surface area contributed by atoms with Crippen LogP contribution in [0.15, 0.2) is 73.1 Å². The van der Waals surface area contributed by atoms with E-state index in [0.29, 0.717) is 0 Å². The van der Waals surface area contributed by atoms with Crippen LogP contribution < -0.4 is 0 Å². The summed E-state index contributed by atoms with van der Waals surface area (Å²) in [4.78, 5) is 4.01. The van der Waals surface area contributed by atoms with Crippen molar-refractivity contribution >= 4 is 16.8 Å². The van der Waals surface area contributed by atoms with Crippen LogP contribution in [0, 0.1) is 0 Å². The molecule has 0 N–H and O–H groups in total. The van der Waals surface area contributed by atoms with Crippen molar-refractivity contribution in [3.63, 3.8) is 0 Å². The molecule has 1 aromatic heterocycles. The van der Waals surface area contributed by atoms with E-state index in [-0.39, 0.29) is 0 Å². The number of nitrogens with zero attached hydrogens (tertiary/aromatic N) is 1. The molecule has 1 heteroatoms. The second-order valence-electron chi connectivity index (χ2n) is 4.53. The van der Waals surface area contributed by atoms with Crippen LogP contribution in [-0.2, 0) is 6.42 Å². The summed E-state index contributed by atoms with van der Waals surface area (Å²) in [6.07, 6.45) is 9.17. The largest absolute Gasteiger partial charge is 0.264 e. The molecule has 1 aliphatic carbocycles. The van der Waals surface area contributed by atoms with E-state index >= 15 is 0 Å². The maximum absolute atomic E-state index is 4.01. The minimum atomic E-state index is 1.12. The van der Waals surface area contributed by atoms with Crippen LogP contribution >= 0.6 is 0 Å². The van der Waals surface area contributed by atoms with Crippen molar-refractivity contribution in [2.75, 3.05) is 0 Å². The van der Waals surface area contributed by atoms with Crippen molar-refractivity contribution in [3.8, 4) is 0 Å². The predicted octanol–water partition coefficient (Wildman–Crippen LogP) is 4.49. The van der Waals surface area contributed by atoms with Gasteiger partial charge in [0.2, 0.25) is 0 Å². The van der Waals surface area contributed by atoms with E-state index in [0.717, 1.165) is 6.42 Å². The van der Waals surface area contributed by atoms with E-state index in [4.69, 9.17) is 0 Å². The van der Waals surface area contributed by atoms with Gasteiger partial charge in [-0.25, -0.2) is 0 Å². The highest BCUT2D eigenvalue weighted by Gasteiger charge is 2.00. The van der Waals surface area contributed by atoms with Gasteiger partial charge in [0.05, 0.1) is 0 Å². The fourth-order valence-corrected chi connectivity index (χ4v) is 2.22. The predicted molar refractivity (Wildman–Crippen MR) is 80.9 cm³/mol. The Morgan fingerprint density at radius 2 is 1.58 bits per heavy atom. The van der Waals surface area contributed by atoms with Gasteiger partial charge in [0.1, 0.15) is 0 Å². The van der Waals surface area contributed by atoms with Gasteiger partial charge in [0, 0.05) is 12.4 Å². The van der Waals surface area contributed by atoms with Crippen molar-refractivity contribution < 1.29 is 0 Å². The zero-order chi connectivity index (χ0) is 12.9. The molecule has 0 bridgehead atoms. The number of fused-ring (bicyclic) bond motifs is 2. The minimum absolute atomic E-state index is 1.12. The SMILES string of the molecule is C1=Cc2ccccc2C1.c1ccc2cnccc2c1. The first-order chi connectivity index (χ1) is 9.43. The molecular weight excluding hydrogens is 230 g/mol. The van der Waals surface area contributed by atoms with Crippen molar-refractivity contribution in [2.45, 2.75) is 6.42 Å². The zero-order valence-electron chi connectivity index (χ0n) is 10.7. The average Bonchev–Trinajstić information content (AvgIpc) is 2.96. The Morgan fingerprint density at radius 3 is 2.42 bits per heavy atom. The molecular formula is C18H15N. The lowest BCUT2D eigenvalue weighted by atomic mass is 10.1. The molecule has 0 aliphatic heterocycles. The number of rotatable bonds is 0. The summed E-state index contributed by atoms with van der Waals surface area (Å²) in [5.41, 5.74) is 2.84. The molecule has 92 valence electrons. The topological polar surface area (TPSA) is 12.9 Å². The number of pyridine rings is 1. The Hall–Kier alpha value is -2.41. The second kappa shape index (κ2) is 5.49. The zero-order valence-corrected chi connectivity index (χ0v) is 10.7. The highest BCUT2D eigenvalue weighted by Crippen LogP contribution is 2.17. The van der Waals surface area contributed by atoms with Crippen LogP contribution in [0.4, 0.5) is 0 Å². The molecule has 0 radical (unpaired) electrons. The fourth-order valence-electron chi connectivity index (χ4n) is 2.22. The van der Waals surface area contributed by atoms with E-state index in [1.54, 1.807) is 0 Å². The summed E-state index contributed by atoms with van der Waals surface area (Å²) < 4.78 is 0. The summed E-state index contributed by atoms with van der Waals surface area (Å²) in [6.45, 7) is 0. The van der Waals surface area contributed by atoms with Crippen molar-refractivity contribution in [2.24, 2.45) is 0 Å². The molecule has 1 nitrogen and oxygen atoms in total. The first kappa shape index (κ1) is 11.7. The summed E-state index contributed by atoms with van der Waals surface area (Å²) in [6, 6.07) is 18.7. The highest BCUT2D eigenvalue weighted by molar-refractivity contribution is 5.80. The van der Waals surface area contributed by atoms with Crippen LogP contribution in [-0.4, -0.2) is 4.98 Å². The van der Waals surface area contributed by atoms with E-state index in [9.17, 15) is 0 Å². The second-order valence-corrected chi connectivity index (χ2v) is 4.53. The Morgan fingerprint density at radius 1 is 0.789 bits per heavy atom. The number of hydrogen-bond acceptors (Lipinski definition) is 1. The quantitative estimate of drug-likeness (QED) is 0.568. The molecule has 0 fully saturated rings. The third kappa shape index (κ3) is 2.71. The Labute approximate surface area is 113 Å². The summed E-state index contributed by atoms with van der Waals surface area (Å²) in [5, 5.41) is 2.45. The monoisotopic (exact) mass is 245 g/mol. The maximum atomic E-state index is 4.01. The standard InChI is InChI=1S/C9H7N.C9H8/c1-2-4-9-7-10-6-5-8(9)3-1;1-2-5-9-7-3-6-8(9)4-1/h1-7H;1-6H,7H2. The lowest BCUT2D eigenvalue weighted by molar-refractivity contribution is 1.31. The van der Waals surface area contributed by atoms with E-state index < -0.39 is 0 Å². The molecule has 19 heavy (non-hydrogen) atoms. The number of hydrogen-bond donors (Lipinski definition) is 0. The summed E-state index contributed by atoms with van der Waals surface area (Å²) >= 11 is 0. The van der Waals surface area contributed by atoms with Crippen LogP contribution in [0.2, 0.25) is 0 Å². The van der Waals surface area contributed by atoms with Crippen molar-refractivity contribution in [1.82, 2.24) is 4.98 Å². The summed E-state index contributed by atoms with van der Waals surface area (Å²) in [7, 11) is 0. The molecule has 1 heterocycles. The van der Waals surface area contributed by atoms with E-state index in [1.165, 1.54) is 21.9 Å². The van der Waals surface area contributed by atoms with Crippen molar-refractivity contribution in [1.29, 1.82) is 0 Å². The minimum Gasteiger partial charge on any atom is -0.264 e. The third-order valence-electron chi connectivity index (χ3n) is 3.24. The molecule has 0 amide bonds. The molecule has 0 unspecified atom stereocenters. The van der Waals surface area contributed by atoms with Gasteiger partial charge in [-0.1, -0.05) is 60.7 Å². The lowest BCUT2D eigenvalue weighted by Gasteiger charge is -1.93. The Balaban J connectivity index is 0.000000117. The van der Waals surface area contributed by atoms with Crippen LogP contribution in [0.3, 0.4) is 0 Å². The fraction of sp³-hybridized carbons (Fsp3) is 0.0556. The first-order valence-electron chi connectivity index (χ1n) is 6.47. The van der Waals surface area contributed by atoms with Crippen LogP contribution in [0.1, 0.15) is 11.1 Å². The summed E-state index contributed by atoms with van der Waals surface area (Å²) in [5.74, 6) is 0. The molecule has 4 rings (SSSR count).